The van der Waals surface area contributed by atoms with Gasteiger partial charge >= 0.3 is 0 Å². The molecule has 0 saturated carbocycles. The van der Waals surface area contributed by atoms with Gasteiger partial charge in [-0.25, -0.2) is 0 Å². The van der Waals surface area contributed by atoms with E-state index >= 15 is 0 Å². The summed E-state index contributed by atoms with van der Waals surface area (Å²) in [5.41, 5.74) is 11.4. The Morgan fingerprint density at radius 3 is 2.47 bits per heavy atom. The Labute approximate surface area is 105 Å². The monoisotopic (exact) mass is 235 g/mol. The highest BCUT2D eigenvalue weighted by atomic mass is 14.9. The molecule has 4 N–H and O–H groups in total. The van der Waals surface area contributed by atoms with Crippen molar-refractivity contribution in [2.75, 3.05) is 26.2 Å². The lowest BCUT2D eigenvalue weighted by atomic mass is 10.1. The average Bonchev–Trinajstić information content (AvgIpc) is 2.34. The van der Waals surface area contributed by atoms with Crippen LogP contribution in [-0.4, -0.2) is 32.2 Å². The molecule has 0 aromatic carbocycles. The fourth-order valence-electron chi connectivity index (χ4n) is 1.35. The third kappa shape index (κ3) is 12.9. The van der Waals surface area contributed by atoms with Crippen LogP contribution < -0.4 is 16.4 Å². The summed E-state index contributed by atoms with van der Waals surface area (Å²) in [5, 5.41) is 6.65. The zero-order valence-electron chi connectivity index (χ0n) is 10.7. The molecule has 0 fully saturated rings. The van der Waals surface area contributed by atoms with E-state index in [0.717, 1.165) is 45.4 Å². The van der Waals surface area contributed by atoms with Crippen molar-refractivity contribution < 1.29 is 0 Å². The van der Waals surface area contributed by atoms with Crippen molar-refractivity contribution in [3.05, 3.63) is 36.8 Å². The minimum absolute atomic E-state index is 0.215. The molecule has 17 heavy (non-hydrogen) atoms. The van der Waals surface area contributed by atoms with E-state index in [0.29, 0.717) is 0 Å². The second-order valence-electron chi connectivity index (χ2n) is 3.91. The summed E-state index contributed by atoms with van der Waals surface area (Å²) in [6, 6.07) is 0.215. The molecule has 1 atom stereocenters. The van der Waals surface area contributed by atoms with E-state index < -0.39 is 0 Å². The van der Waals surface area contributed by atoms with Gasteiger partial charge in [0, 0.05) is 12.6 Å². The van der Waals surface area contributed by atoms with Crippen LogP contribution >= 0.6 is 0 Å². The molecule has 1 unspecified atom stereocenters. The van der Waals surface area contributed by atoms with Gasteiger partial charge in [0.05, 0.1) is 0 Å². The Bertz CT molecular complexity index is 261. The highest BCUT2D eigenvalue weighted by Gasteiger charge is 1.98. The maximum absolute atomic E-state index is 5.89. The Balaban J connectivity index is 3.17. The van der Waals surface area contributed by atoms with Crippen molar-refractivity contribution in [3.8, 4) is 0 Å². The third-order valence-electron chi connectivity index (χ3n) is 2.35. The second-order valence-corrected chi connectivity index (χ2v) is 3.91. The van der Waals surface area contributed by atoms with Gasteiger partial charge in [-0.2, -0.15) is 0 Å². The maximum atomic E-state index is 5.89. The Hall–Kier alpha value is -1.08. The van der Waals surface area contributed by atoms with Crippen LogP contribution in [-0.2, 0) is 0 Å². The van der Waals surface area contributed by atoms with Gasteiger partial charge in [-0.1, -0.05) is 13.2 Å². The van der Waals surface area contributed by atoms with Gasteiger partial charge in [-0.05, 0) is 51.0 Å². The van der Waals surface area contributed by atoms with Gasteiger partial charge in [-0.3, -0.25) is 0 Å². The summed E-state index contributed by atoms with van der Waals surface area (Å²) < 4.78 is 0. The van der Waals surface area contributed by atoms with Crippen LogP contribution in [0.15, 0.2) is 36.8 Å². The first-order valence-corrected chi connectivity index (χ1v) is 6.16. The lowest BCUT2D eigenvalue weighted by molar-refractivity contribution is 0.549. The smallest absolute Gasteiger partial charge is 0.0209 e. The Morgan fingerprint density at radius 1 is 1.06 bits per heavy atom. The van der Waals surface area contributed by atoms with E-state index in [1.807, 2.05) is 12.2 Å². The molecule has 96 valence electrons. The van der Waals surface area contributed by atoms with Crippen LogP contribution in [0.3, 0.4) is 0 Å². The highest BCUT2D eigenvalue weighted by Crippen LogP contribution is 1.93. The quantitative estimate of drug-likeness (QED) is 0.374. The topological polar surface area (TPSA) is 50.1 Å². The van der Waals surface area contributed by atoms with Gasteiger partial charge in [0.15, 0.2) is 0 Å². The van der Waals surface area contributed by atoms with Gasteiger partial charge < -0.3 is 16.4 Å². The molecule has 3 heteroatoms. The minimum Gasteiger partial charge on any atom is -0.327 e. The highest BCUT2D eigenvalue weighted by molar-refractivity contribution is 4.81. The maximum Gasteiger partial charge on any atom is 0.0209 e. The molecule has 0 rings (SSSR count). The van der Waals surface area contributed by atoms with Crippen molar-refractivity contribution >= 4 is 0 Å². The largest absolute Gasteiger partial charge is 0.327 e. The normalized spacial score (nSPS) is 11.4. The van der Waals surface area contributed by atoms with Crippen molar-refractivity contribution in [1.82, 2.24) is 10.6 Å². The van der Waals surface area contributed by atoms with Crippen molar-refractivity contribution in [2.45, 2.75) is 25.3 Å². The summed E-state index contributed by atoms with van der Waals surface area (Å²) in [6.45, 7) is 10.9. The fraction of sp³-hybridized carbons (Fsp3) is 0.571. The molecule has 0 spiro atoms. The summed E-state index contributed by atoms with van der Waals surface area (Å²) in [6.07, 6.45) is 6.75. The van der Waals surface area contributed by atoms with Gasteiger partial charge in [0.1, 0.15) is 0 Å². The Morgan fingerprint density at radius 2 is 1.76 bits per heavy atom. The lowest BCUT2D eigenvalue weighted by Crippen LogP contribution is -2.28. The first-order chi connectivity index (χ1) is 8.31. The lowest BCUT2D eigenvalue weighted by Gasteiger charge is -2.09. The van der Waals surface area contributed by atoms with Crippen molar-refractivity contribution in [1.29, 1.82) is 0 Å². The SMILES string of the molecule is C=C=CCNCCCNCCC(N)CC=C=C. The number of rotatable bonds is 11. The summed E-state index contributed by atoms with van der Waals surface area (Å²) in [5.74, 6) is 0. The zero-order chi connectivity index (χ0) is 12.8. The van der Waals surface area contributed by atoms with Crippen LogP contribution in [0, 0.1) is 0 Å². The van der Waals surface area contributed by atoms with E-state index in [4.69, 9.17) is 5.73 Å². The van der Waals surface area contributed by atoms with E-state index in [9.17, 15) is 0 Å². The second kappa shape index (κ2) is 13.0. The molecule has 0 radical (unpaired) electrons. The predicted molar refractivity (Wildman–Crippen MR) is 75.0 cm³/mol. The minimum atomic E-state index is 0.215. The summed E-state index contributed by atoms with van der Waals surface area (Å²) in [4.78, 5) is 0. The summed E-state index contributed by atoms with van der Waals surface area (Å²) >= 11 is 0. The van der Waals surface area contributed by atoms with Gasteiger partial charge in [-0.15, -0.1) is 11.5 Å². The van der Waals surface area contributed by atoms with Crippen LogP contribution in [0.2, 0.25) is 0 Å². The molecule has 0 aromatic heterocycles. The van der Waals surface area contributed by atoms with Crippen LogP contribution in [0.25, 0.3) is 0 Å². The van der Waals surface area contributed by atoms with E-state index in [1.165, 1.54) is 0 Å². The molecule has 0 heterocycles. The first-order valence-electron chi connectivity index (χ1n) is 6.16. The molecule has 0 aliphatic carbocycles. The van der Waals surface area contributed by atoms with Crippen molar-refractivity contribution in [3.63, 3.8) is 0 Å². The Kier molecular flexibility index (Phi) is 12.2. The fourth-order valence-corrected chi connectivity index (χ4v) is 1.35. The van der Waals surface area contributed by atoms with E-state index in [2.05, 4.69) is 35.3 Å². The molecule has 0 saturated heterocycles. The van der Waals surface area contributed by atoms with Crippen LogP contribution in [0.4, 0.5) is 0 Å². The molecule has 3 nitrogen and oxygen atoms in total. The number of hydrogen-bond acceptors (Lipinski definition) is 3. The third-order valence-corrected chi connectivity index (χ3v) is 2.35. The molecular weight excluding hydrogens is 210 g/mol. The molecule has 0 aliphatic rings. The number of nitrogens with one attached hydrogen (secondary N) is 2. The standard InChI is InChI=1S/C14H25N3/c1-3-5-8-14(15)9-13-17-12-7-11-16-10-6-4-2/h5-6,14,16-17H,1-2,7-13,15H2. The molecule has 0 bridgehead atoms. The van der Waals surface area contributed by atoms with Crippen molar-refractivity contribution in [2.24, 2.45) is 5.73 Å². The molecule has 0 aromatic rings. The molecule has 0 amide bonds. The van der Waals surface area contributed by atoms with Crippen LogP contribution in [0.5, 0.6) is 0 Å². The first kappa shape index (κ1) is 15.9. The number of nitrogens with two attached hydrogens (primary N) is 1. The molecular formula is C14H25N3. The number of hydrogen-bond donors (Lipinski definition) is 3. The van der Waals surface area contributed by atoms with Gasteiger partial charge in [0.25, 0.3) is 0 Å². The van der Waals surface area contributed by atoms with Crippen LogP contribution in [0.1, 0.15) is 19.3 Å². The van der Waals surface area contributed by atoms with E-state index in [1.54, 1.807) is 0 Å². The molecule has 0 aliphatic heterocycles. The summed E-state index contributed by atoms with van der Waals surface area (Å²) in [7, 11) is 0. The van der Waals surface area contributed by atoms with E-state index in [-0.39, 0.29) is 6.04 Å². The zero-order valence-corrected chi connectivity index (χ0v) is 10.7. The predicted octanol–water partition coefficient (Wildman–Crippen LogP) is 1.35. The average molecular weight is 235 g/mol. The van der Waals surface area contributed by atoms with Gasteiger partial charge in [0.2, 0.25) is 0 Å².